The van der Waals surface area contributed by atoms with E-state index in [0.717, 1.165) is 33.9 Å². The largest absolute Gasteiger partial charge is 0.348 e. The van der Waals surface area contributed by atoms with Crippen molar-refractivity contribution in [3.05, 3.63) is 46.6 Å². The van der Waals surface area contributed by atoms with Gasteiger partial charge in [-0.15, -0.1) is 11.3 Å². The van der Waals surface area contributed by atoms with Crippen LogP contribution >= 0.6 is 11.3 Å². The molecule has 0 aliphatic rings. The number of pyridine rings is 1. The van der Waals surface area contributed by atoms with Gasteiger partial charge in [0.2, 0.25) is 5.91 Å². The van der Waals surface area contributed by atoms with Crippen molar-refractivity contribution in [2.24, 2.45) is 0 Å². The Balaban J connectivity index is 2.17. The standard InChI is InChI=1S/C18H21N3OS/c1-5-13-7-8-15(23-13)18-14(10-17(22)20(3)4)21-11-12(2)6-9-16(21)19-18/h6-9,11H,5,10H2,1-4H3. The summed E-state index contributed by atoms with van der Waals surface area (Å²) in [5.74, 6) is 0.0850. The first-order valence-corrected chi connectivity index (χ1v) is 8.58. The topological polar surface area (TPSA) is 37.6 Å². The summed E-state index contributed by atoms with van der Waals surface area (Å²) in [5, 5.41) is 0. The molecule has 23 heavy (non-hydrogen) atoms. The Morgan fingerprint density at radius 2 is 2.04 bits per heavy atom. The highest BCUT2D eigenvalue weighted by Crippen LogP contribution is 2.31. The van der Waals surface area contributed by atoms with Crippen LogP contribution in [0, 0.1) is 6.92 Å². The fourth-order valence-corrected chi connectivity index (χ4v) is 3.52. The molecule has 0 aliphatic heterocycles. The van der Waals surface area contributed by atoms with Crippen LogP contribution < -0.4 is 0 Å². The van der Waals surface area contributed by atoms with E-state index < -0.39 is 0 Å². The minimum atomic E-state index is 0.0850. The van der Waals surface area contributed by atoms with Crippen LogP contribution in [0.5, 0.6) is 0 Å². The van der Waals surface area contributed by atoms with E-state index in [9.17, 15) is 4.79 Å². The summed E-state index contributed by atoms with van der Waals surface area (Å²) in [5.41, 5.74) is 3.93. The van der Waals surface area contributed by atoms with E-state index in [4.69, 9.17) is 4.98 Å². The Kier molecular flexibility index (Phi) is 4.22. The smallest absolute Gasteiger partial charge is 0.228 e. The zero-order chi connectivity index (χ0) is 16.6. The molecule has 0 saturated heterocycles. The van der Waals surface area contributed by atoms with Crippen LogP contribution in [0.25, 0.3) is 16.2 Å². The molecule has 0 atom stereocenters. The third kappa shape index (κ3) is 3.01. The lowest BCUT2D eigenvalue weighted by molar-refractivity contribution is -0.128. The number of likely N-dealkylation sites (N-methyl/N-ethyl adjacent to an activating group) is 1. The molecule has 0 spiro atoms. The van der Waals surface area contributed by atoms with Gasteiger partial charge in [0, 0.05) is 25.2 Å². The summed E-state index contributed by atoms with van der Waals surface area (Å²) in [7, 11) is 3.58. The minimum absolute atomic E-state index is 0.0850. The molecule has 3 heterocycles. The van der Waals surface area contributed by atoms with Crippen LogP contribution in [-0.2, 0) is 17.6 Å². The fourth-order valence-electron chi connectivity index (χ4n) is 2.56. The summed E-state index contributed by atoms with van der Waals surface area (Å²) in [4.78, 5) is 21.1. The van der Waals surface area contributed by atoms with Gasteiger partial charge >= 0.3 is 0 Å². The average molecular weight is 327 g/mol. The van der Waals surface area contributed by atoms with Gasteiger partial charge in [-0.2, -0.15) is 0 Å². The van der Waals surface area contributed by atoms with Gasteiger partial charge in [0.25, 0.3) is 0 Å². The Bertz CT molecular complexity index is 860. The highest BCUT2D eigenvalue weighted by atomic mass is 32.1. The van der Waals surface area contributed by atoms with Crippen molar-refractivity contribution in [3.63, 3.8) is 0 Å². The number of thiophene rings is 1. The quantitative estimate of drug-likeness (QED) is 0.735. The van der Waals surface area contributed by atoms with Crippen molar-refractivity contribution in [2.45, 2.75) is 26.7 Å². The van der Waals surface area contributed by atoms with E-state index in [-0.39, 0.29) is 5.91 Å². The first-order chi connectivity index (χ1) is 11.0. The second kappa shape index (κ2) is 6.16. The molecule has 0 bridgehead atoms. The van der Waals surface area contributed by atoms with E-state index in [2.05, 4.69) is 42.6 Å². The lowest BCUT2D eigenvalue weighted by atomic mass is 10.2. The van der Waals surface area contributed by atoms with Gasteiger partial charge in [0.15, 0.2) is 0 Å². The van der Waals surface area contributed by atoms with E-state index in [0.29, 0.717) is 6.42 Å². The van der Waals surface area contributed by atoms with Crippen LogP contribution in [0.4, 0.5) is 0 Å². The highest BCUT2D eigenvalue weighted by Gasteiger charge is 2.19. The van der Waals surface area contributed by atoms with Crippen molar-refractivity contribution < 1.29 is 4.79 Å². The molecule has 120 valence electrons. The summed E-state index contributed by atoms with van der Waals surface area (Å²) >= 11 is 1.75. The molecule has 0 radical (unpaired) electrons. The molecule has 3 aromatic rings. The molecule has 0 aromatic carbocycles. The van der Waals surface area contributed by atoms with Crippen LogP contribution in [-0.4, -0.2) is 34.3 Å². The van der Waals surface area contributed by atoms with Crippen molar-refractivity contribution in [3.8, 4) is 10.6 Å². The zero-order valence-electron chi connectivity index (χ0n) is 14.0. The molecule has 5 heteroatoms. The van der Waals surface area contributed by atoms with Gasteiger partial charge in [0.05, 0.1) is 17.0 Å². The monoisotopic (exact) mass is 327 g/mol. The number of nitrogens with zero attached hydrogens (tertiary/aromatic N) is 3. The van der Waals surface area contributed by atoms with Crippen LogP contribution in [0.2, 0.25) is 0 Å². The number of imidazole rings is 1. The fraction of sp³-hybridized carbons (Fsp3) is 0.333. The summed E-state index contributed by atoms with van der Waals surface area (Å²) in [6.07, 6.45) is 3.42. The van der Waals surface area contributed by atoms with E-state index in [1.165, 1.54) is 4.88 Å². The molecule has 4 nitrogen and oxygen atoms in total. The Labute approximate surface area is 140 Å². The van der Waals surface area contributed by atoms with Crippen molar-refractivity contribution in [1.82, 2.24) is 14.3 Å². The van der Waals surface area contributed by atoms with Crippen LogP contribution in [0.15, 0.2) is 30.5 Å². The predicted molar refractivity (Wildman–Crippen MR) is 95.0 cm³/mol. The number of hydrogen-bond acceptors (Lipinski definition) is 3. The van der Waals surface area contributed by atoms with Crippen LogP contribution in [0.1, 0.15) is 23.1 Å². The Morgan fingerprint density at radius 1 is 1.26 bits per heavy atom. The van der Waals surface area contributed by atoms with Gasteiger partial charge in [0.1, 0.15) is 11.3 Å². The number of aromatic nitrogens is 2. The van der Waals surface area contributed by atoms with Gasteiger partial charge in [-0.1, -0.05) is 13.0 Å². The third-order valence-electron chi connectivity index (χ3n) is 3.93. The third-order valence-corrected chi connectivity index (χ3v) is 5.16. The lowest BCUT2D eigenvalue weighted by Gasteiger charge is -2.11. The maximum absolute atomic E-state index is 12.3. The van der Waals surface area contributed by atoms with E-state index in [1.54, 1.807) is 30.3 Å². The van der Waals surface area contributed by atoms with Gasteiger partial charge < -0.3 is 9.30 Å². The number of aryl methyl sites for hydroxylation is 2. The predicted octanol–water partition coefficient (Wildman–Crippen LogP) is 3.56. The molecule has 0 N–H and O–H groups in total. The Hall–Kier alpha value is -2.14. The number of hydrogen-bond donors (Lipinski definition) is 0. The molecule has 0 saturated carbocycles. The second-order valence-corrected chi connectivity index (χ2v) is 7.09. The first kappa shape index (κ1) is 15.7. The Morgan fingerprint density at radius 3 is 2.70 bits per heavy atom. The van der Waals surface area contributed by atoms with Crippen molar-refractivity contribution in [2.75, 3.05) is 14.1 Å². The van der Waals surface area contributed by atoms with Crippen molar-refractivity contribution in [1.29, 1.82) is 0 Å². The lowest BCUT2D eigenvalue weighted by Crippen LogP contribution is -2.24. The van der Waals surface area contributed by atoms with Gasteiger partial charge in [-0.3, -0.25) is 4.79 Å². The normalized spacial score (nSPS) is 11.1. The number of carbonyl (C=O) groups is 1. The molecule has 3 rings (SSSR count). The van der Waals surface area contributed by atoms with E-state index in [1.807, 2.05) is 6.07 Å². The number of carbonyl (C=O) groups excluding carboxylic acids is 1. The summed E-state index contributed by atoms with van der Waals surface area (Å²) in [6, 6.07) is 8.32. The second-order valence-electron chi connectivity index (χ2n) is 5.93. The highest BCUT2D eigenvalue weighted by molar-refractivity contribution is 7.15. The number of rotatable bonds is 4. The summed E-state index contributed by atoms with van der Waals surface area (Å²) < 4.78 is 2.05. The molecule has 0 aliphatic carbocycles. The molecular formula is C18H21N3OS. The molecular weight excluding hydrogens is 306 g/mol. The molecule has 0 fully saturated rings. The molecule has 3 aromatic heterocycles. The number of amides is 1. The van der Waals surface area contributed by atoms with Crippen LogP contribution in [0.3, 0.4) is 0 Å². The number of fused-ring (bicyclic) bond motifs is 1. The van der Waals surface area contributed by atoms with Gasteiger partial charge in [-0.25, -0.2) is 4.98 Å². The SMILES string of the molecule is CCc1ccc(-c2nc3ccc(C)cn3c2CC(=O)N(C)C)s1. The maximum atomic E-state index is 12.3. The van der Waals surface area contributed by atoms with Crippen molar-refractivity contribution >= 4 is 22.9 Å². The first-order valence-electron chi connectivity index (χ1n) is 7.76. The minimum Gasteiger partial charge on any atom is -0.348 e. The summed E-state index contributed by atoms with van der Waals surface area (Å²) in [6.45, 7) is 4.20. The molecule has 1 amide bonds. The average Bonchev–Trinajstić information content (AvgIpc) is 3.12. The maximum Gasteiger partial charge on any atom is 0.228 e. The zero-order valence-corrected chi connectivity index (χ0v) is 14.8. The van der Waals surface area contributed by atoms with E-state index >= 15 is 0 Å². The molecule has 0 unspecified atom stereocenters. The van der Waals surface area contributed by atoms with Gasteiger partial charge in [-0.05, 0) is 37.1 Å².